The highest BCUT2D eigenvalue weighted by atomic mass is 35.5. The van der Waals surface area contributed by atoms with Gasteiger partial charge in [0.15, 0.2) is 0 Å². The lowest BCUT2D eigenvalue weighted by Crippen LogP contribution is -2.52. The fraction of sp³-hybridized carbons (Fsp3) is 0.549. The summed E-state index contributed by atoms with van der Waals surface area (Å²) in [7, 11) is 0. The minimum Gasteiger partial charge on any atom is -0.382 e. The summed E-state index contributed by atoms with van der Waals surface area (Å²) in [5, 5.41) is 30.8. The third-order valence-corrected chi connectivity index (χ3v) is 16.8. The molecule has 7 N–H and O–H groups in total. The number of rotatable bonds is 11. The number of aliphatic hydroxyl groups is 1. The number of piperidine rings is 2. The Morgan fingerprint density at radius 2 is 1.59 bits per heavy atom. The van der Waals surface area contributed by atoms with Gasteiger partial charge in [0.05, 0.1) is 17.1 Å². The topological polar surface area (TPSA) is 184 Å². The first kappa shape index (κ1) is 47.1. The lowest BCUT2D eigenvalue weighted by molar-refractivity contribution is -0.142. The molecule has 362 valence electrons. The van der Waals surface area contributed by atoms with Crippen molar-refractivity contribution in [3.8, 4) is 0 Å². The van der Waals surface area contributed by atoms with Gasteiger partial charge in [-0.15, -0.1) is 0 Å². The molecule has 3 aromatic carbocycles. The Morgan fingerprint density at radius 3 is 2.35 bits per heavy atom. The van der Waals surface area contributed by atoms with E-state index in [1.54, 1.807) is 29.2 Å². The Labute approximate surface area is 406 Å². The summed E-state index contributed by atoms with van der Waals surface area (Å²) in [6.45, 7) is 3.43. The fourth-order valence-electron chi connectivity index (χ4n) is 12.9. The van der Waals surface area contributed by atoms with Crippen LogP contribution in [0.15, 0.2) is 54.6 Å². The molecule has 0 aromatic heterocycles. The Balaban J connectivity index is 0.724. The van der Waals surface area contributed by atoms with E-state index in [2.05, 4.69) is 36.8 Å². The molecule has 2 aliphatic carbocycles. The summed E-state index contributed by atoms with van der Waals surface area (Å²) in [5.74, 6) is -2.82. The number of nitrogens with one attached hydrogen (secondary N) is 6. The molecule has 5 aliphatic heterocycles. The SMILES string of the molecule is O=C1CCC(N2Cc3c(NC4CCN(CCNC(=O)C5CCC(NC(=O)[C@@H]6NC(C7CCCCC7)[C@@]7(C(=O)Nc8cc(Cl)ccc87)[C@H]6c6cccc(Cl)c6F)CC5)CC4)cccc3C2O)C(=O)N1. The van der Waals surface area contributed by atoms with Gasteiger partial charge in [0.1, 0.15) is 17.5 Å². The number of hydrogen-bond acceptors (Lipinski definition) is 10. The van der Waals surface area contributed by atoms with Gasteiger partial charge in [-0.3, -0.25) is 34.2 Å². The number of fused-ring (bicyclic) bond motifs is 3. The highest BCUT2D eigenvalue weighted by Gasteiger charge is 2.67. The first-order valence-corrected chi connectivity index (χ1v) is 25.4. The number of halogens is 3. The maximum Gasteiger partial charge on any atom is 0.244 e. The summed E-state index contributed by atoms with van der Waals surface area (Å²) in [6.07, 6.45) is 8.91. The number of carbonyl (C=O) groups excluding carboxylic acids is 5. The molecule has 5 amide bonds. The first-order valence-electron chi connectivity index (χ1n) is 24.7. The maximum atomic E-state index is 16.3. The molecule has 10 rings (SSSR count). The molecule has 1 spiro atoms. The average molecular weight is 972 g/mol. The molecular weight excluding hydrogens is 911 g/mol. The predicted molar refractivity (Wildman–Crippen MR) is 256 cm³/mol. The molecule has 14 nitrogen and oxygen atoms in total. The van der Waals surface area contributed by atoms with Gasteiger partial charge in [0.2, 0.25) is 29.5 Å². The molecule has 17 heteroatoms. The van der Waals surface area contributed by atoms with E-state index in [4.69, 9.17) is 23.2 Å². The van der Waals surface area contributed by atoms with Crippen molar-refractivity contribution in [1.82, 2.24) is 31.1 Å². The summed E-state index contributed by atoms with van der Waals surface area (Å²) < 4.78 is 16.3. The quantitative estimate of drug-likeness (QED) is 0.113. The van der Waals surface area contributed by atoms with Crippen LogP contribution in [-0.2, 0) is 35.9 Å². The molecule has 6 atom stereocenters. The molecule has 2 saturated carbocycles. The van der Waals surface area contributed by atoms with Crippen molar-refractivity contribution in [2.45, 2.75) is 138 Å². The van der Waals surface area contributed by atoms with Gasteiger partial charge in [-0.25, -0.2) is 4.39 Å². The van der Waals surface area contributed by atoms with Crippen LogP contribution in [0.5, 0.6) is 0 Å². The average Bonchev–Trinajstić information content (AvgIpc) is 3.97. The van der Waals surface area contributed by atoms with Gasteiger partial charge >= 0.3 is 0 Å². The Bertz CT molecular complexity index is 2460. The summed E-state index contributed by atoms with van der Waals surface area (Å²) in [4.78, 5) is 71.3. The Morgan fingerprint density at radius 1 is 0.838 bits per heavy atom. The van der Waals surface area contributed by atoms with Crippen LogP contribution in [0.25, 0.3) is 0 Å². The third kappa shape index (κ3) is 8.80. The van der Waals surface area contributed by atoms with E-state index in [9.17, 15) is 29.1 Å². The number of likely N-dealkylation sites (tertiary alicyclic amines) is 1. The zero-order valence-electron chi connectivity index (χ0n) is 38.1. The smallest absolute Gasteiger partial charge is 0.244 e. The van der Waals surface area contributed by atoms with Gasteiger partial charge in [-0.05, 0) is 105 Å². The highest BCUT2D eigenvalue weighted by molar-refractivity contribution is 6.31. The summed E-state index contributed by atoms with van der Waals surface area (Å²) in [6, 6.07) is 14.1. The van der Waals surface area contributed by atoms with Crippen molar-refractivity contribution in [2.24, 2.45) is 11.8 Å². The monoisotopic (exact) mass is 970 g/mol. The molecule has 7 aliphatic rings. The van der Waals surface area contributed by atoms with Crippen molar-refractivity contribution >= 4 is 64.1 Å². The number of hydrogen-bond donors (Lipinski definition) is 7. The normalized spacial score (nSPS) is 30.2. The van der Waals surface area contributed by atoms with Crippen LogP contribution < -0.4 is 31.9 Å². The molecule has 5 fully saturated rings. The van der Waals surface area contributed by atoms with Crippen LogP contribution in [0.3, 0.4) is 0 Å². The predicted octanol–water partition coefficient (Wildman–Crippen LogP) is 6.01. The van der Waals surface area contributed by atoms with Gasteiger partial charge in [0, 0.05) is 91.1 Å². The van der Waals surface area contributed by atoms with E-state index in [1.165, 1.54) is 6.07 Å². The molecule has 3 aromatic rings. The number of nitrogens with zero attached hydrogens (tertiary/aromatic N) is 2. The van der Waals surface area contributed by atoms with Crippen molar-refractivity contribution in [2.75, 3.05) is 36.8 Å². The maximum absolute atomic E-state index is 16.3. The summed E-state index contributed by atoms with van der Waals surface area (Å²) >= 11 is 12.9. The third-order valence-electron chi connectivity index (χ3n) is 16.3. The number of aliphatic hydroxyl groups excluding tert-OH is 1. The van der Waals surface area contributed by atoms with E-state index < -0.39 is 41.5 Å². The molecule has 3 saturated heterocycles. The minimum absolute atomic E-state index is 0.0232. The van der Waals surface area contributed by atoms with Crippen molar-refractivity contribution < 1.29 is 33.5 Å². The van der Waals surface area contributed by atoms with E-state index in [1.807, 2.05) is 24.3 Å². The van der Waals surface area contributed by atoms with Crippen LogP contribution >= 0.6 is 23.2 Å². The molecule has 68 heavy (non-hydrogen) atoms. The Hall–Kier alpha value is -4.64. The number of benzene rings is 3. The summed E-state index contributed by atoms with van der Waals surface area (Å²) in [5.41, 5.74) is 2.92. The van der Waals surface area contributed by atoms with Gasteiger partial charge < -0.3 is 36.6 Å². The first-order chi connectivity index (χ1) is 32.9. The number of imide groups is 1. The lowest BCUT2D eigenvalue weighted by Gasteiger charge is -2.40. The van der Waals surface area contributed by atoms with Crippen molar-refractivity contribution in [3.63, 3.8) is 0 Å². The zero-order chi connectivity index (χ0) is 47.3. The van der Waals surface area contributed by atoms with Crippen LogP contribution in [0.4, 0.5) is 15.8 Å². The molecule has 3 unspecified atom stereocenters. The second kappa shape index (κ2) is 19.6. The van der Waals surface area contributed by atoms with Crippen molar-refractivity contribution in [3.05, 3.63) is 92.7 Å². The van der Waals surface area contributed by atoms with Crippen molar-refractivity contribution in [1.29, 1.82) is 0 Å². The fourth-order valence-corrected chi connectivity index (χ4v) is 13.2. The molecule has 0 radical (unpaired) electrons. The molecule has 0 bridgehead atoms. The second-order valence-corrected chi connectivity index (χ2v) is 21.0. The highest BCUT2D eigenvalue weighted by Crippen LogP contribution is 2.58. The standard InChI is InChI=1S/C51H61Cl2FN8O6/c52-30-14-17-36-39(26-30)58-50(68)51(36)42(34-9-4-10-37(53)43(34)54)44(60-45(51)28-6-2-1-3-7-28)48(66)57-31-15-12-29(13-16-31)46(64)55-22-25-61-23-20-32(21-24-61)56-38-11-5-8-33-35(38)27-62(49(33)67)40-18-19-41(63)59-47(40)65/h4-5,8-11,14,17,26,28-29,31-32,40,42,44-45,49,56,60,67H,1-3,6-7,12-13,15-16,18-25,27H2,(H,55,64)(H,57,66)(H,58,68)(H,59,63,65)/t29?,31?,40?,42-,44+,45?,49?,51-/m0/s1. The van der Waals surface area contributed by atoms with Gasteiger partial charge in [0.25, 0.3) is 0 Å². The van der Waals surface area contributed by atoms with E-state index in [0.717, 1.165) is 81.4 Å². The van der Waals surface area contributed by atoms with Crippen LogP contribution in [-0.4, -0.2) is 101 Å². The second-order valence-electron chi connectivity index (χ2n) is 20.1. The molecule has 5 heterocycles. The number of carbonyl (C=O) groups is 5. The molecular formula is C51H61Cl2FN8O6. The Kier molecular flexibility index (Phi) is 13.6. The van der Waals surface area contributed by atoms with Gasteiger partial charge in [-0.1, -0.05) is 72.8 Å². The van der Waals surface area contributed by atoms with E-state index >= 15 is 4.39 Å². The van der Waals surface area contributed by atoms with Gasteiger partial charge in [-0.2, -0.15) is 0 Å². The largest absolute Gasteiger partial charge is 0.382 e. The van der Waals surface area contributed by atoms with Crippen LogP contribution in [0, 0.1) is 17.7 Å². The van der Waals surface area contributed by atoms with Crippen LogP contribution in [0.1, 0.15) is 118 Å². The number of amides is 5. The van der Waals surface area contributed by atoms with E-state index in [-0.39, 0.29) is 70.5 Å². The zero-order valence-corrected chi connectivity index (χ0v) is 39.6. The van der Waals surface area contributed by atoms with E-state index in [0.29, 0.717) is 61.5 Å². The van der Waals surface area contributed by atoms with Crippen LogP contribution in [0.2, 0.25) is 10.0 Å². The number of anilines is 2. The minimum atomic E-state index is -1.29. The lowest BCUT2D eigenvalue weighted by atomic mass is 9.61.